The lowest BCUT2D eigenvalue weighted by atomic mass is 10.2. The molecule has 1 aliphatic heterocycles. The van der Waals surface area contributed by atoms with Gasteiger partial charge in [-0.15, -0.1) is 0 Å². The summed E-state index contributed by atoms with van der Waals surface area (Å²) in [7, 11) is 0. The number of imide groups is 1. The fourth-order valence-electron chi connectivity index (χ4n) is 2.60. The third-order valence-electron chi connectivity index (χ3n) is 4.08. The van der Waals surface area contributed by atoms with E-state index in [4.69, 9.17) is 26.2 Å². The molecule has 3 rings (SSSR count). The van der Waals surface area contributed by atoms with E-state index >= 15 is 0 Å². The molecule has 1 aliphatic rings. The highest BCUT2D eigenvalue weighted by Gasteiger charge is 2.34. The molecule has 1 saturated heterocycles. The number of ether oxygens (including phenoxy) is 2. The van der Waals surface area contributed by atoms with Gasteiger partial charge in [0.15, 0.2) is 6.61 Å². The van der Waals surface area contributed by atoms with Crippen molar-refractivity contribution in [1.29, 1.82) is 0 Å². The lowest BCUT2D eigenvalue weighted by Gasteiger charge is -2.13. The summed E-state index contributed by atoms with van der Waals surface area (Å²) in [5, 5.41) is 8.50. The quantitative estimate of drug-likeness (QED) is 0.605. The average Bonchev–Trinajstić information content (AvgIpc) is 2.96. The number of aryl methyl sites for hydroxylation is 1. The Balaban J connectivity index is 1.62. The highest BCUT2D eigenvalue weighted by atomic mass is 35.5. The first-order valence-corrected chi connectivity index (χ1v) is 10.1. The van der Waals surface area contributed by atoms with E-state index in [0.717, 1.165) is 22.2 Å². The molecule has 1 fully saturated rings. The lowest BCUT2D eigenvalue weighted by Crippen LogP contribution is -2.32. The first-order valence-electron chi connectivity index (χ1n) is 8.92. The van der Waals surface area contributed by atoms with Gasteiger partial charge in [0.1, 0.15) is 18.1 Å². The number of aliphatic carboxylic acids is 1. The molecule has 0 atom stereocenters. The summed E-state index contributed by atoms with van der Waals surface area (Å²) >= 11 is 6.94. The fraction of sp³-hybridized carbons (Fsp3) is 0.190. The third kappa shape index (κ3) is 5.55. The van der Waals surface area contributed by atoms with Crippen molar-refractivity contribution in [2.24, 2.45) is 0 Å². The maximum Gasteiger partial charge on any atom is 0.341 e. The number of hydrogen-bond acceptors (Lipinski definition) is 6. The molecule has 0 radical (unpaired) electrons. The highest BCUT2D eigenvalue weighted by Crippen LogP contribution is 2.33. The monoisotopic (exact) mass is 447 g/mol. The SMILES string of the molecule is Cc1ccc(OCCN2C(=O)S/C(=C\c3ccc(OCC(=O)O)c(Cl)c3)C2=O)cc1. The van der Waals surface area contributed by atoms with E-state index in [0.29, 0.717) is 11.3 Å². The molecule has 0 aromatic heterocycles. The molecule has 30 heavy (non-hydrogen) atoms. The number of benzene rings is 2. The Bertz CT molecular complexity index is 1010. The van der Waals surface area contributed by atoms with Crippen LogP contribution in [-0.4, -0.2) is 46.9 Å². The van der Waals surface area contributed by atoms with E-state index in [1.165, 1.54) is 12.1 Å². The second kappa shape index (κ2) is 9.69. The van der Waals surface area contributed by atoms with E-state index in [2.05, 4.69) is 0 Å². The van der Waals surface area contributed by atoms with Gasteiger partial charge in [-0.3, -0.25) is 14.5 Å². The van der Waals surface area contributed by atoms with Gasteiger partial charge in [0.05, 0.1) is 16.5 Å². The predicted octanol–water partition coefficient (Wildman–Crippen LogP) is 4.23. The summed E-state index contributed by atoms with van der Waals surface area (Å²) in [6.45, 7) is 1.79. The van der Waals surface area contributed by atoms with Crippen LogP contribution in [0, 0.1) is 6.92 Å². The van der Waals surface area contributed by atoms with Crippen LogP contribution in [0.4, 0.5) is 4.79 Å². The van der Waals surface area contributed by atoms with Crippen LogP contribution in [0.2, 0.25) is 5.02 Å². The molecule has 2 aromatic rings. The van der Waals surface area contributed by atoms with Gasteiger partial charge in [0, 0.05) is 0 Å². The Labute approximate surface area is 182 Å². The van der Waals surface area contributed by atoms with Crippen molar-refractivity contribution < 1.29 is 29.0 Å². The van der Waals surface area contributed by atoms with Crippen LogP contribution >= 0.6 is 23.4 Å². The number of carboxylic acids is 1. The molecule has 2 amide bonds. The van der Waals surface area contributed by atoms with E-state index in [-0.39, 0.29) is 34.1 Å². The van der Waals surface area contributed by atoms with Gasteiger partial charge in [-0.25, -0.2) is 4.79 Å². The standard InChI is InChI=1S/C21H18ClNO6S/c1-13-2-5-15(6-3-13)28-9-8-23-20(26)18(30-21(23)27)11-14-4-7-17(16(22)10-14)29-12-19(24)25/h2-7,10-11H,8-9,12H2,1H3,(H,24,25)/b18-11-. The smallest absolute Gasteiger partial charge is 0.341 e. The van der Waals surface area contributed by atoms with Gasteiger partial charge in [0.2, 0.25) is 0 Å². The van der Waals surface area contributed by atoms with Gasteiger partial charge in [-0.05, 0) is 54.6 Å². The summed E-state index contributed by atoms with van der Waals surface area (Å²) in [6, 6.07) is 12.2. The second-order valence-electron chi connectivity index (χ2n) is 6.37. The minimum atomic E-state index is -1.12. The van der Waals surface area contributed by atoms with Crippen molar-refractivity contribution in [1.82, 2.24) is 4.90 Å². The molecular weight excluding hydrogens is 430 g/mol. The Morgan fingerprint density at radius 1 is 1.17 bits per heavy atom. The lowest BCUT2D eigenvalue weighted by molar-refractivity contribution is -0.139. The van der Waals surface area contributed by atoms with Crippen molar-refractivity contribution >= 4 is 46.6 Å². The molecule has 1 N–H and O–H groups in total. The Hall–Kier alpha value is -2.97. The largest absolute Gasteiger partial charge is 0.492 e. The first kappa shape index (κ1) is 21.7. The Morgan fingerprint density at radius 2 is 1.90 bits per heavy atom. The molecule has 0 unspecified atom stereocenters. The van der Waals surface area contributed by atoms with Crippen LogP contribution in [0.15, 0.2) is 47.4 Å². The van der Waals surface area contributed by atoms with Gasteiger partial charge < -0.3 is 14.6 Å². The fourth-order valence-corrected chi connectivity index (χ4v) is 3.71. The number of carboxylic acid groups (broad SMARTS) is 1. The number of carbonyl (C=O) groups excluding carboxylic acids is 2. The van der Waals surface area contributed by atoms with Gasteiger partial charge in [-0.2, -0.15) is 0 Å². The number of rotatable bonds is 8. The van der Waals surface area contributed by atoms with Crippen molar-refractivity contribution in [3.63, 3.8) is 0 Å². The number of hydrogen-bond donors (Lipinski definition) is 1. The number of carbonyl (C=O) groups is 3. The van der Waals surface area contributed by atoms with Crippen LogP contribution < -0.4 is 9.47 Å². The number of thioether (sulfide) groups is 1. The normalized spacial score (nSPS) is 15.0. The molecule has 0 bridgehead atoms. The summed E-state index contributed by atoms with van der Waals surface area (Å²) in [6.07, 6.45) is 1.55. The van der Waals surface area contributed by atoms with Gasteiger partial charge in [0.25, 0.3) is 11.1 Å². The Morgan fingerprint density at radius 3 is 2.57 bits per heavy atom. The number of halogens is 1. The van der Waals surface area contributed by atoms with Crippen molar-refractivity contribution in [3.05, 3.63) is 63.5 Å². The Kier molecular flexibility index (Phi) is 7.02. The molecular formula is C21H18ClNO6S. The van der Waals surface area contributed by atoms with Crippen LogP contribution in [-0.2, 0) is 9.59 Å². The molecule has 0 spiro atoms. The van der Waals surface area contributed by atoms with Crippen LogP contribution in [0.25, 0.3) is 6.08 Å². The van der Waals surface area contributed by atoms with Crippen molar-refractivity contribution in [3.8, 4) is 11.5 Å². The summed E-state index contributed by atoms with van der Waals surface area (Å²) < 4.78 is 10.7. The summed E-state index contributed by atoms with van der Waals surface area (Å²) in [5.41, 5.74) is 1.70. The maximum absolute atomic E-state index is 12.6. The molecule has 1 heterocycles. The van der Waals surface area contributed by atoms with E-state index in [1.54, 1.807) is 12.1 Å². The summed E-state index contributed by atoms with van der Waals surface area (Å²) in [5.74, 6) is -0.629. The number of nitrogens with zero attached hydrogens (tertiary/aromatic N) is 1. The maximum atomic E-state index is 12.6. The van der Waals surface area contributed by atoms with Crippen molar-refractivity contribution in [2.75, 3.05) is 19.8 Å². The predicted molar refractivity (Wildman–Crippen MR) is 114 cm³/mol. The van der Waals surface area contributed by atoms with Crippen LogP contribution in [0.5, 0.6) is 11.5 Å². The minimum Gasteiger partial charge on any atom is -0.492 e. The van der Waals surface area contributed by atoms with Crippen molar-refractivity contribution in [2.45, 2.75) is 6.92 Å². The first-order chi connectivity index (χ1) is 14.3. The second-order valence-corrected chi connectivity index (χ2v) is 7.77. The molecule has 7 nitrogen and oxygen atoms in total. The summed E-state index contributed by atoms with van der Waals surface area (Å²) in [4.78, 5) is 36.8. The third-order valence-corrected chi connectivity index (χ3v) is 5.29. The molecule has 0 aliphatic carbocycles. The topological polar surface area (TPSA) is 93.1 Å². The molecule has 9 heteroatoms. The zero-order chi connectivity index (χ0) is 21.7. The van der Waals surface area contributed by atoms with Crippen LogP contribution in [0.3, 0.4) is 0 Å². The minimum absolute atomic E-state index is 0.138. The highest BCUT2D eigenvalue weighted by molar-refractivity contribution is 8.18. The number of amides is 2. The van der Waals surface area contributed by atoms with Gasteiger partial charge >= 0.3 is 5.97 Å². The zero-order valence-electron chi connectivity index (χ0n) is 16.0. The van der Waals surface area contributed by atoms with E-state index in [1.807, 2.05) is 31.2 Å². The molecule has 2 aromatic carbocycles. The van der Waals surface area contributed by atoms with E-state index < -0.39 is 18.5 Å². The molecule has 0 saturated carbocycles. The molecule has 156 valence electrons. The zero-order valence-corrected chi connectivity index (χ0v) is 17.5. The van der Waals surface area contributed by atoms with E-state index in [9.17, 15) is 14.4 Å². The van der Waals surface area contributed by atoms with Crippen LogP contribution in [0.1, 0.15) is 11.1 Å². The van der Waals surface area contributed by atoms with Gasteiger partial charge in [-0.1, -0.05) is 35.4 Å². The average molecular weight is 448 g/mol.